The van der Waals surface area contributed by atoms with Crippen LogP contribution in [0.1, 0.15) is 26.3 Å². The Balaban J connectivity index is 2.17. The van der Waals surface area contributed by atoms with Crippen molar-refractivity contribution in [1.29, 1.82) is 0 Å². The lowest BCUT2D eigenvalue weighted by Gasteiger charge is -2.35. The van der Waals surface area contributed by atoms with Crippen LogP contribution in [0.2, 0.25) is 18.1 Å². The van der Waals surface area contributed by atoms with Crippen molar-refractivity contribution in [2.24, 2.45) is 0 Å². The van der Waals surface area contributed by atoms with Crippen LogP contribution < -0.4 is 10.3 Å². The predicted octanol–water partition coefficient (Wildman–Crippen LogP) is 3.23. The molecule has 0 radical (unpaired) electrons. The fourth-order valence-electron chi connectivity index (χ4n) is 1.89. The molecule has 1 aromatic heterocycles. The highest BCUT2D eigenvalue weighted by atomic mass is 28.3. The average molecular weight is 288 g/mol. The Morgan fingerprint density at radius 1 is 1.15 bits per heavy atom. The Bertz CT molecular complexity index is 555. The first-order valence-corrected chi connectivity index (χ1v) is 10.0. The molecule has 0 aliphatic rings. The first kappa shape index (κ1) is 14.8. The Morgan fingerprint density at radius 3 is 2.40 bits per heavy atom. The third-order valence-electron chi connectivity index (χ3n) is 4.25. The molecule has 0 bridgehead atoms. The lowest BCUT2D eigenvalue weighted by molar-refractivity contribution is 0.103. The van der Waals surface area contributed by atoms with Crippen LogP contribution >= 0.6 is 0 Å². The molecular weight excluding hydrogens is 264 g/mol. The van der Waals surface area contributed by atoms with Gasteiger partial charge in [0.25, 0.3) is 0 Å². The summed E-state index contributed by atoms with van der Waals surface area (Å²) in [5, 5.41) is 0.242. The summed E-state index contributed by atoms with van der Waals surface area (Å²) in [6.07, 6.45) is 3.75. The molecule has 0 saturated heterocycles. The molecule has 2 rings (SSSR count). The van der Waals surface area contributed by atoms with Gasteiger partial charge in [-0.2, -0.15) is 4.73 Å². The summed E-state index contributed by atoms with van der Waals surface area (Å²) in [4.78, 5) is 10.5. The van der Waals surface area contributed by atoms with Crippen molar-refractivity contribution in [2.45, 2.75) is 45.5 Å². The molecule has 0 unspecified atom stereocenters. The molecular formula is C16H24N2OSi. The molecule has 0 spiro atoms. The Labute approximate surface area is 122 Å². The predicted molar refractivity (Wildman–Crippen MR) is 85.8 cm³/mol. The summed E-state index contributed by atoms with van der Waals surface area (Å²) in [5.74, 6) is 0. The van der Waals surface area contributed by atoms with Crippen molar-refractivity contribution in [3.63, 3.8) is 0 Å². The van der Waals surface area contributed by atoms with E-state index in [0.717, 1.165) is 5.45 Å². The number of nitrogens with zero attached hydrogens (tertiary/aromatic N) is 2. The number of imidazole rings is 1. The molecule has 1 aromatic carbocycles. The molecule has 2 aromatic rings. The van der Waals surface area contributed by atoms with Gasteiger partial charge in [0, 0.05) is 6.20 Å². The second kappa shape index (κ2) is 5.44. The van der Waals surface area contributed by atoms with Gasteiger partial charge >= 0.3 is 0 Å². The number of benzene rings is 1. The van der Waals surface area contributed by atoms with Gasteiger partial charge in [-0.25, -0.2) is 4.98 Å². The summed E-state index contributed by atoms with van der Waals surface area (Å²) >= 11 is 0. The van der Waals surface area contributed by atoms with Crippen LogP contribution in [-0.2, 0) is 6.61 Å². The maximum atomic E-state index is 5.93. The number of rotatable bonds is 4. The summed E-state index contributed by atoms with van der Waals surface area (Å²) in [5.41, 5.74) is 2.27. The van der Waals surface area contributed by atoms with Gasteiger partial charge in [-0.3, -0.25) is 0 Å². The summed E-state index contributed by atoms with van der Waals surface area (Å²) in [7, 11) is -1.68. The van der Waals surface area contributed by atoms with E-state index < -0.39 is 8.07 Å². The van der Waals surface area contributed by atoms with E-state index in [1.54, 1.807) is 0 Å². The van der Waals surface area contributed by atoms with Crippen LogP contribution in [-0.4, -0.2) is 17.8 Å². The van der Waals surface area contributed by atoms with E-state index in [2.05, 4.69) is 51.0 Å². The van der Waals surface area contributed by atoms with Gasteiger partial charge < -0.3 is 4.84 Å². The van der Waals surface area contributed by atoms with Gasteiger partial charge in [0.2, 0.25) is 0 Å². The van der Waals surface area contributed by atoms with E-state index in [4.69, 9.17) is 4.84 Å². The zero-order valence-electron chi connectivity index (χ0n) is 13.1. The minimum Gasteiger partial charge on any atom is -0.408 e. The number of hydrogen-bond donors (Lipinski definition) is 0. The summed E-state index contributed by atoms with van der Waals surface area (Å²) in [6, 6.07) is 10.2. The van der Waals surface area contributed by atoms with Crippen molar-refractivity contribution in [3.8, 4) is 0 Å². The maximum absolute atomic E-state index is 5.93. The average Bonchev–Trinajstić information content (AvgIpc) is 2.85. The van der Waals surface area contributed by atoms with Crippen LogP contribution in [0.4, 0.5) is 0 Å². The molecule has 0 saturated carbocycles. The van der Waals surface area contributed by atoms with E-state index in [-0.39, 0.29) is 5.04 Å². The van der Waals surface area contributed by atoms with Crippen LogP contribution in [0.25, 0.3) is 0 Å². The highest BCUT2D eigenvalue weighted by molar-refractivity contribution is 6.91. The van der Waals surface area contributed by atoms with Crippen LogP contribution in [0.3, 0.4) is 0 Å². The topological polar surface area (TPSA) is 27.1 Å². The van der Waals surface area contributed by atoms with E-state index >= 15 is 0 Å². The Morgan fingerprint density at radius 2 is 1.80 bits per heavy atom. The van der Waals surface area contributed by atoms with Crippen molar-refractivity contribution >= 4 is 13.5 Å². The first-order chi connectivity index (χ1) is 9.32. The molecule has 0 atom stereocenters. The Kier molecular flexibility index (Phi) is 4.04. The van der Waals surface area contributed by atoms with Gasteiger partial charge in [-0.1, -0.05) is 64.2 Å². The smallest absolute Gasteiger partial charge is 0.140 e. The van der Waals surface area contributed by atoms with Gasteiger partial charge in [0.15, 0.2) is 0 Å². The van der Waals surface area contributed by atoms with Crippen LogP contribution in [0.5, 0.6) is 0 Å². The molecule has 3 nitrogen and oxygen atoms in total. The molecule has 0 amide bonds. The van der Waals surface area contributed by atoms with Crippen molar-refractivity contribution in [1.82, 2.24) is 9.71 Å². The lowest BCUT2D eigenvalue weighted by Crippen LogP contribution is -2.54. The van der Waals surface area contributed by atoms with Crippen LogP contribution in [0, 0.1) is 0 Å². The quantitative estimate of drug-likeness (QED) is 0.808. The SMILES string of the molecule is CC(C)(C)[Si](C)(C)c1nccn1OCc1ccccc1. The molecule has 0 aliphatic carbocycles. The third-order valence-corrected chi connectivity index (χ3v) is 9.47. The second-order valence-corrected chi connectivity index (χ2v) is 11.9. The highest BCUT2D eigenvalue weighted by Gasteiger charge is 2.41. The zero-order valence-corrected chi connectivity index (χ0v) is 14.1. The molecule has 108 valence electrons. The molecule has 20 heavy (non-hydrogen) atoms. The fourth-order valence-corrected chi connectivity index (χ4v) is 3.64. The van der Waals surface area contributed by atoms with E-state index in [1.165, 1.54) is 5.56 Å². The monoisotopic (exact) mass is 288 g/mol. The molecule has 4 heteroatoms. The van der Waals surface area contributed by atoms with Gasteiger partial charge in [0.05, 0.1) is 6.20 Å². The second-order valence-electron chi connectivity index (χ2n) is 6.71. The lowest BCUT2D eigenvalue weighted by atomic mass is 10.2. The summed E-state index contributed by atoms with van der Waals surface area (Å²) < 4.78 is 1.87. The minimum absolute atomic E-state index is 0.242. The van der Waals surface area contributed by atoms with Gasteiger partial charge in [-0.15, -0.1) is 0 Å². The fraction of sp³-hybridized carbons (Fsp3) is 0.438. The first-order valence-electron chi connectivity index (χ1n) is 7.03. The minimum atomic E-state index is -1.68. The third kappa shape index (κ3) is 2.95. The van der Waals surface area contributed by atoms with Crippen LogP contribution in [0.15, 0.2) is 42.7 Å². The van der Waals surface area contributed by atoms with Crippen molar-refractivity contribution in [2.75, 3.05) is 0 Å². The molecule has 1 heterocycles. The largest absolute Gasteiger partial charge is 0.408 e. The van der Waals surface area contributed by atoms with Gasteiger partial charge in [0.1, 0.15) is 20.1 Å². The number of hydrogen-bond acceptors (Lipinski definition) is 2. The molecule has 0 aliphatic heterocycles. The molecule has 0 N–H and O–H groups in total. The van der Waals surface area contributed by atoms with E-state index in [0.29, 0.717) is 6.61 Å². The summed E-state index contributed by atoms with van der Waals surface area (Å²) in [6.45, 7) is 12.1. The normalized spacial score (nSPS) is 12.4. The Hall–Kier alpha value is -1.55. The van der Waals surface area contributed by atoms with Crippen molar-refractivity contribution < 1.29 is 4.84 Å². The maximum Gasteiger partial charge on any atom is 0.140 e. The van der Waals surface area contributed by atoms with Gasteiger partial charge in [-0.05, 0) is 10.6 Å². The molecule has 0 fully saturated rings. The standard InChI is InChI=1S/C16H24N2OSi/c1-16(2,3)20(4,5)15-17-11-12-18(15)19-13-14-9-7-6-8-10-14/h6-12H,13H2,1-5H3. The zero-order chi connectivity index (χ0) is 14.8. The van der Waals surface area contributed by atoms with Crippen molar-refractivity contribution in [3.05, 3.63) is 48.3 Å². The van der Waals surface area contributed by atoms with E-state index in [9.17, 15) is 0 Å². The number of aromatic nitrogens is 2. The van der Waals surface area contributed by atoms with E-state index in [1.807, 2.05) is 35.3 Å². The highest BCUT2D eigenvalue weighted by Crippen LogP contribution is 2.34.